The van der Waals surface area contributed by atoms with Crippen molar-refractivity contribution in [3.8, 4) is 0 Å². The summed E-state index contributed by atoms with van der Waals surface area (Å²) in [5.41, 5.74) is -0.473. The van der Waals surface area contributed by atoms with Gasteiger partial charge in [0.1, 0.15) is 11.1 Å². The maximum atomic E-state index is 14.6. The van der Waals surface area contributed by atoms with E-state index in [1.54, 1.807) is 29.2 Å². The van der Waals surface area contributed by atoms with Gasteiger partial charge in [-0.15, -0.1) is 5.06 Å². The number of urea groups is 1. The molecule has 2 fully saturated rings. The number of hydrogen-bond acceptors (Lipinski definition) is 8. The van der Waals surface area contributed by atoms with Gasteiger partial charge >= 0.3 is 18.0 Å². The molecule has 0 unspecified atom stereocenters. The SMILES string of the molecule is CN1COC(=O)/C=C/C(=O)ON(C2(c3ccccc3)CCN(CC[C@@]3(c4ccc(F)c(F)c4)CN(C(=O)c4ccccc4)CCO3)CC2)C1=O. The number of esters is 1. The van der Waals surface area contributed by atoms with Crippen LogP contribution in [-0.4, -0.2) is 96.7 Å². The summed E-state index contributed by atoms with van der Waals surface area (Å²) >= 11 is 0. The molecule has 2 saturated heterocycles. The number of nitrogens with zero attached hydrogens (tertiary/aromatic N) is 4. The molecule has 3 amide bonds. The lowest BCUT2D eigenvalue weighted by molar-refractivity contribution is -0.208. The summed E-state index contributed by atoms with van der Waals surface area (Å²) in [5, 5.41) is 1.09. The lowest BCUT2D eigenvalue weighted by Gasteiger charge is -2.48. The maximum Gasteiger partial charge on any atom is 0.356 e. The van der Waals surface area contributed by atoms with Crippen LogP contribution in [0, 0.1) is 11.6 Å². The molecule has 6 rings (SSSR count). The summed E-state index contributed by atoms with van der Waals surface area (Å²) in [4.78, 5) is 62.7. The number of halogens is 2. The van der Waals surface area contributed by atoms with Crippen molar-refractivity contribution >= 4 is 23.9 Å². The van der Waals surface area contributed by atoms with E-state index in [1.165, 1.54) is 13.1 Å². The molecular weight excluding hydrogens is 650 g/mol. The Morgan fingerprint density at radius 1 is 0.820 bits per heavy atom. The van der Waals surface area contributed by atoms with Gasteiger partial charge in [0, 0.05) is 50.9 Å². The van der Waals surface area contributed by atoms with Gasteiger partial charge < -0.3 is 24.1 Å². The van der Waals surface area contributed by atoms with Crippen molar-refractivity contribution in [2.24, 2.45) is 0 Å². The summed E-state index contributed by atoms with van der Waals surface area (Å²) in [5.74, 6) is -3.84. The van der Waals surface area contributed by atoms with Gasteiger partial charge in [-0.05, 0) is 54.7 Å². The smallest absolute Gasteiger partial charge is 0.356 e. The Morgan fingerprint density at radius 2 is 1.50 bits per heavy atom. The molecule has 11 nitrogen and oxygen atoms in total. The van der Waals surface area contributed by atoms with E-state index in [2.05, 4.69) is 4.90 Å². The lowest BCUT2D eigenvalue weighted by atomic mass is 9.80. The Labute approximate surface area is 288 Å². The van der Waals surface area contributed by atoms with Gasteiger partial charge in [-0.25, -0.2) is 23.2 Å². The molecule has 0 radical (unpaired) electrons. The Bertz CT molecular complexity index is 1750. The number of carbonyl (C=O) groups is 4. The zero-order valence-electron chi connectivity index (χ0n) is 27.6. The summed E-state index contributed by atoms with van der Waals surface area (Å²) < 4.78 is 40.2. The van der Waals surface area contributed by atoms with Crippen molar-refractivity contribution in [3.63, 3.8) is 0 Å². The van der Waals surface area contributed by atoms with Crippen LogP contribution in [0.15, 0.2) is 91.0 Å². The molecule has 3 aliphatic rings. The van der Waals surface area contributed by atoms with Crippen LogP contribution in [0.3, 0.4) is 0 Å². The molecule has 1 atom stereocenters. The van der Waals surface area contributed by atoms with Crippen molar-refractivity contribution < 1.29 is 42.3 Å². The largest absolute Gasteiger partial charge is 0.441 e. The first kappa shape index (κ1) is 34.7. The number of piperidine rings is 1. The number of ether oxygens (including phenoxy) is 2. The molecule has 13 heteroatoms. The number of hydrogen-bond donors (Lipinski definition) is 0. The third-order valence-corrected chi connectivity index (χ3v) is 9.59. The quantitative estimate of drug-likeness (QED) is 0.332. The van der Waals surface area contributed by atoms with Crippen molar-refractivity contribution in [1.82, 2.24) is 19.8 Å². The molecule has 0 spiro atoms. The minimum Gasteiger partial charge on any atom is -0.441 e. The number of benzene rings is 3. The van der Waals surface area contributed by atoms with Crippen LogP contribution in [0.25, 0.3) is 0 Å². The molecule has 0 bridgehead atoms. The minimum atomic E-state index is -1.12. The molecule has 262 valence electrons. The first-order valence-electron chi connectivity index (χ1n) is 16.4. The lowest BCUT2D eigenvalue weighted by Crippen LogP contribution is -2.59. The summed E-state index contributed by atoms with van der Waals surface area (Å²) in [6.07, 6.45) is 2.96. The summed E-state index contributed by atoms with van der Waals surface area (Å²) in [7, 11) is 1.45. The van der Waals surface area contributed by atoms with E-state index >= 15 is 0 Å². The Balaban J connectivity index is 1.25. The fourth-order valence-corrected chi connectivity index (χ4v) is 6.80. The Kier molecular flexibility index (Phi) is 10.3. The third kappa shape index (κ3) is 7.24. The van der Waals surface area contributed by atoms with E-state index in [1.807, 2.05) is 36.4 Å². The van der Waals surface area contributed by atoms with Crippen LogP contribution in [0.4, 0.5) is 13.6 Å². The van der Waals surface area contributed by atoms with Crippen molar-refractivity contribution in [3.05, 3.63) is 119 Å². The highest BCUT2D eigenvalue weighted by Gasteiger charge is 2.48. The number of hydroxylamine groups is 2. The molecule has 0 saturated carbocycles. The normalized spacial score (nSPS) is 22.5. The van der Waals surface area contributed by atoms with Gasteiger partial charge in [-0.2, -0.15) is 0 Å². The van der Waals surface area contributed by atoms with E-state index < -0.39 is 40.7 Å². The third-order valence-electron chi connectivity index (χ3n) is 9.59. The molecule has 50 heavy (non-hydrogen) atoms. The van der Waals surface area contributed by atoms with Crippen LogP contribution >= 0.6 is 0 Å². The zero-order valence-corrected chi connectivity index (χ0v) is 27.6. The van der Waals surface area contributed by atoms with E-state index in [0.717, 1.165) is 39.8 Å². The van der Waals surface area contributed by atoms with Crippen molar-refractivity contribution in [2.75, 3.05) is 53.1 Å². The first-order chi connectivity index (χ1) is 24.1. The molecule has 0 N–H and O–H groups in total. The average Bonchev–Trinajstić information content (AvgIpc) is 3.15. The van der Waals surface area contributed by atoms with Gasteiger partial charge in [0.2, 0.25) is 0 Å². The maximum absolute atomic E-state index is 14.6. The molecule has 0 aromatic heterocycles. The van der Waals surface area contributed by atoms with Gasteiger partial charge in [-0.3, -0.25) is 9.69 Å². The van der Waals surface area contributed by atoms with Crippen LogP contribution in [-0.2, 0) is 35.0 Å². The summed E-state index contributed by atoms with van der Waals surface area (Å²) in [6.45, 7) is 1.72. The van der Waals surface area contributed by atoms with E-state index in [9.17, 15) is 28.0 Å². The van der Waals surface area contributed by atoms with Gasteiger partial charge in [0.15, 0.2) is 18.4 Å². The second kappa shape index (κ2) is 14.8. The molecular formula is C37H38F2N4O7. The monoisotopic (exact) mass is 688 g/mol. The molecule has 3 aliphatic heterocycles. The van der Waals surface area contributed by atoms with E-state index in [0.29, 0.717) is 56.6 Å². The highest BCUT2D eigenvalue weighted by atomic mass is 19.2. The fraction of sp³-hybridized carbons (Fsp3) is 0.351. The highest BCUT2D eigenvalue weighted by molar-refractivity contribution is 5.94. The number of morpholine rings is 1. The highest BCUT2D eigenvalue weighted by Crippen LogP contribution is 2.41. The molecule has 3 aromatic carbocycles. The topological polar surface area (TPSA) is 109 Å². The number of amides is 3. The predicted molar refractivity (Wildman–Crippen MR) is 176 cm³/mol. The number of likely N-dealkylation sites (tertiary alicyclic amines) is 1. The second-order valence-electron chi connectivity index (χ2n) is 12.7. The predicted octanol–water partition coefficient (Wildman–Crippen LogP) is 4.60. The number of cyclic esters (lactones) is 1. The summed E-state index contributed by atoms with van der Waals surface area (Å²) in [6, 6.07) is 21.2. The minimum absolute atomic E-state index is 0.135. The van der Waals surface area contributed by atoms with Crippen molar-refractivity contribution in [1.29, 1.82) is 0 Å². The number of carbonyl (C=O) groups excluding carboxylic acids is 4. The van der Waals surface area contributed by atoms with Gasteiger partial charge in [-0.1, -0.05) is 54.6 Å². The van der Waals surface area contributed by atoms with E-state index in [4.69, 9.17) is 14.3 Å². The van der Waals surface area contributed by atoms with E-state index in [-0.39, 0.29) is 25.8 Å². The standard InChI is InChI=1S/C37H38F2N4O7/c1-40-26-48-32(44)14-15-33(45)50-43(35(40)47)36(28-10-6-3-7-11-28)16-19-41(20-17-36)21-18-37(29-12-13-30(38)31(39)24-29)25-42(22-23-49-37)34(46)27-8-4-2-5-9-27/h2-15,24H,16-23,25-26H2,1H3/b15-14+/t37-/m0/s1. The first-order valence-corrected chi connectivity index (χ1v) is 16.4. The molecule has 0 aliphatic carbocycles. The Morgan fingerprint density at radius 3 is 2.20 bits per heavy atom. The number of rotatable bonds is 7. The fourth-order valence-electron chi connectivity index (χ4n) is 6.80. The van der Waals surface area contributed by atoms with Crippen LogP contribution in [0.1, 0.15) is 40.7 Å². The van der Waals surface area contributed by atoms with Gasteiger partial charge in [0.05, 0.1) is 13.2 Å². The molecule has 3 heterocycles. The van der Waals surface area contributed by atoms with Crippen LogP contribution < -0.4 is 0 Å². The van der Waals surface area contributed by atoms with Crippen molar-refractivity contribution in [2.45, 2.75) is 30.4 Å². The van der Waals surface area contributed by atoms with Gasteiger partial charge in [0.25, 0.3) is 5.91 Å². The second-order valence-corrected chi connectivity index (χ2v) is 12.7. The van der Waals surface area contributed by atoms with Crippen LogP contribution in [0.2, 0.25) is 0 Å². The zero-order chi connectivity index (χ0) is 35.3. The average molecular weight is 689 g/mol. The van der Waals surface area contributed by atoms with Crippen LogP contribution in [0.5, 0.6) is 0 Å². The Hall–Kier alpha value is -5.14. The molecule has 3 aromatic rings.